The first-order chi connectivity index (χ1) is 8.70. The summed E-state index contributed by atoms with van der Waals surface area (Å²) in [4.78, 5) is 0. The summed E-state index contributed by atoms with van der Waals surface area (Å²) < 4.78 is 20.1. The fourth-order valence-electron chi connectivity index (χ4n) is 2.42. The molecule has 0 heterocycles. The molecule has 0 saturated heterocycles. The quantitative estimate of drug-likeness (QED) is 0.870. The van der Waals surface area contributed by atoms with Crippen molar-refractivity contribution in [1.29, 1.82) is 0 Å². The van der Waals surface area contributed by atoms with Crippen LogP contribution in [-0.4, -0.2) is 6.61 Å². The van der Waals surface area contributed by atoms with Gasteiger partial charge in [-0.15, -0.1) is 12.4 Å². The van der Waals surface area contributed by atoms with Crippen LogP contribution in [0.2, 0.25) is 0 Å². The molecule has 0 spiro atoms. The van der Waals surface area contributed by atoms with Crippen LogP contribution in [0.5, 0.6) is 5.75 Å². The standard InChI is InChI=1S/C14H19BrFNO.ClH/c15-12-6-11(8-17)7-13(16)14(12)18-9-10-4-2-1-3-5-10;/h6-7,10H,1-5,8-9,17H2;1H. The van der Waals surface area contributed by atoms with Gasteiger partial charge in [0.05, 0.1) is 11.1 Å². The molecule has 1 fully saturated rings. The Balaban J connectivity index is 0.00000180. The Bertz CT molecular complexity index is 387. The fraction of sp³-hybridized carbons (Fsp3) is 0.571. The molecule has 19 heavy (non-hydrogen) atoms. The topological polar surface area (TPSA) is 35.2 Å². The maximum atomic E-state index is 13.8. The molecule has 1 aliphatic carbocycles. The van der Waals surface area contributed by atoms with Gasteiger partial charge in [-0.2, -0.15) is 0 Å². The SMILES string of the molecule is Cl.NCc1cc(F)c(OCC2CCCCC2)c(Br)c1. The minimum absolute atomic E-state index is 0. The van der Waals surface area contributed by atoms with E-state index in [9.17, 15) is 4.39 Å². The number of rotatable bonds is 4. The summed E-state index contributed by atoms with van der Waals surface area (Å²) in [6.45, 7) is 0.940. The van der Waals surface area contributed by atoms with Gasteiger partial charge in [-0.1, -0.05) is 19.3 Å². The highest BCUT2D eigenvalue weighted by Crippen LogP contribution is 2.31. The number of hydrogen-bond acceptors (Lipinski definition) is 2. The van der Waals surface area contributed by atoms with E-state index in [0.29, 0.717) is 29.3 Å². The zero-order chi connectivity index (χ0) is 13.0. The lowest BCUT2D eigenvalue weighted by Gasteiger charge is -2.22. The van der Waals surface area contributed by atoms with E-state index in [1.807, 2.05) is 6.07 Å². The molecule has 0 amide bonds. The second-order valence-corrected chi connectivity index (χ2v) is 5.76. The molecule has 0 atom stereocenters. The molecule has 5 heteroatoms. The highest BCUT2D eigenvalue weighted by molar-refractivity contribution is 9.10. The molecule has 2 rings (SSSR count). The van der Waals surface area contributed by atoms with Gasteiger partial charge >= 0.3 is 0 Å². The van der Waals surface area contributed by atoms with Crippen molar-refractivity contribution in [1.82, 2.24) is 0 Å². The average molecular weight is 353 g/mol. The lowest BCUT2D eigenvalue weighted by molar-refractivity contribution is 0.201. The Morgan fingerprint density at radius 2 is 1.95 bits per heavy atom. The van der Waals surface area contributed by atoms with Gasteiger partial charge in [-0.25, -0.2) is 4.39 Å². The predicted molar refractivity (Wildman–Crippen MR) is 81.3 cm³/mol. The summed E-state index contributed by atoms with van der Waals surface area (Å²) in [5.41, 5.74) is 6.27. The molecule has 2 nitrogen and oxygen atoms in total. The highest BCUT2D eigenvalue weighted by atomic mass is 79.9. The van der Waals surface area contributed by atoms with Crippen LogP contribution in [0.25, 0.3) is 0 Å². The normalized spacial score (nSPS) is 15.9. The van der Waals surface area contributed by atoms with Gasteiger partial charge in [-0.05, 0) is 52.4 Å². The van der Waals surface area contributed by atoms with Crippen molar-refractivity contribution in [3.8, 4) is 5.75 Å². The van der Waals surface area contributed by atoms with Gasteiger partial charge in [0.15, 0.2) is 11.6 Å². The number of halogens is 3. The second kappa shape index (κ2) is 8.08. The van der Waals surface area contributed by atoms with Crippen LogP contribution < -0.4 is 10.5 Å². The molecule has 0 aliphatic heterocycles. The van der Waals surface area contributed by atoms with Crippen molar-refractivity contribution in [2.45, 2.75) is 38.6 Å². The van der Waals surface area contributed by atoms with Crippen molar-refractivity contribution in [2.24, 2.45) is 11.7 Å². The van der Waals surface area contributed by atoms with Gasteiger partial charge in [0.1, 0.15) is 0 Å². The predicted octanol–water partition coefficient (Wildman–Crippen LogP) is 4.43. The molecule has 1 aromatic carbocycles. The van der Waals surface area contributed by atoms with Crippen LogP contribution in [-0.2, 0) is 6.54 Å². The fourth-order valence-corrected chi connectivity index (χ4v) is 3.02. The zero-order valence-corrected chi connectivity index (χ0v) is 13.2. The van der Waals surface area contributed by atoms with E-state index < -0.39 is 0 Å². The maximum absolute atomic E-state index is 13.8. The smallest absolute Gasteiger partial charge is 0.169 e. The van der Waals surface area contributed by atoms with Crippen molar-refractivity contribution in [2.75, 3.05) is 6.61 Å². The molecule has 0 radical (unpaired) electrons. The summed E-state index contributed by atoms with van der Waals surface area (Å²) >= 11 is 3.34. The lowest BCUT2D eigenvalue weighted by Crippen LogP contribution is -2.16. The Morgan fingerprint density at radius 3 is 2.53 bits per heavy atom. The molecule has 0 unspecified atom stereocenters. The van der Waals surface area contributed by atoms with Gasteiger partial charge < -0.3 is 10.5 Å². The van der Waals surface area contributed by atoms with Crippen molar-refractivity contribution < 1.29 is 9.13 Å². The van der Waals surface area contributed by atoms with Crippen molar-refractivity contribution >= 4 is 28.3 Å². The number of hydrogen-bond donors (Lipinski definition) is 1. The molecule has 1 aromatic rings. The van der Waals surface area contributed by atoms with Crippen molar-refractivity contribution in [3.63, 3.8) is 0 Å². The van der Waals surface area contributed by atoms with E-state index in [2.05, 4.69) is 15.9 Å². The summed E-state index contributed by atoms with van der Waals surface area (Å²) in [5, 5.41) is 0. The molecule has 0 aromatic heterocycles. The molecule has 1 aliphatic rings. The van der Waals surface area contributed by atoms with Crippen LogP contribution in [0.15, 0.2) is 16.6 Å². The summed E-state index contributed by atoms with van der Waals surface area (Å²) in [6.07, 6.45) is 6.24. The highest BCUT2D eigenvalue weighted by Gasteiger charge is 2.16. The Morgan fingerprint density at radius 1 is 1.26 bits per heavy atom. The number of nitrogens with two attached hydrogens (primary N) is 1. The maximum Gasteiger partial charge on any atom is 0.169 e. The van der Waals surface area contributed by atoms with Gasteiger partial charge in [0, 0.05) is 6.54 Å². The Kier molecular flexibility index (Phi) is 7.11. The molecule has 2 N–H and O–H groups in total. The van der Waals surface area contributed by atoms with Gasteiger partial charge in [-0.3, -0.25) is 0 Å². The Labute approximate surface area is 128 Å². The third kappa shape index (κ3) is 4.62. The first-order valence-electron chi connectivity index (χ1n) is 6.51. The Hall–Kier alpha value is -0.320. The monoisotopic (exact) mass is 351 g/mol. The summed E-state index contributed by atoms with van der Waals surface area (Å²) in [7, 11) is 0. The summed E-state index contributed by atoms with van der Waals surface area (Å²) in [6, 6.07) is 3.26. The molecule has 1 saturated carbocycles. The van der Waals surface area contributed by atoms with Crippen LogP contribution >= 0.6 is 28.3 Å². The average Bonchev–Trinajstić information content (AvgIpc) is 2.38. The minimum atomic E-state index is -0.333. The van der Waals surface area contributed by atoms with Crippen LogP contribution in [0.1, 0.15) is 37.7 Å². The number of ether oxygens (including phenoxy) is 1. The minimum Gasteiger partial charge on any atom is -0.489 e. The summed E-state index contributed by atoms with van der Waals surface area (Å²) in [5.74, 6) is 0.553. The van der Waals surface area contributed by atoms with E-state index in [1.54, 1.807) is 0 Å². The van der Waals surface area contributed by atoms with E-state index in [4.69, 9.17) is 10.5 Å². The van der Waals surface area contributed by atoms with Crippen LogP contribution in [0.3, 0.4) is 0 Å². The lowest BCUT2D eigenvalue weighted by atomic mass is 9.90. The van der Waals surface area contributed by atoms with Crippen LogP contribution in [0.4, 0.5) is 4.39 Å². The van der Waals surface area contributed by atoms with Crippen molar-refractivity contribution in [3.05, 3.63) is 28.0 Å². The molecule has 108 valence electrons. The van der Waals surface area contributed by atoms with Gasteiger partial charge in [0.2, 0.25) is 0 Å². The molecular formula is C14H20BrClFNO. The first kappa shape index (κ1) is 16.7. The third-order valence-corrected chi connectivity index (χ3v) is 4.07. The molecule has 0 bridgehead atoms. The van der Waals surface area contributed by atoms with Crippen LogP contribution in [0, 0.1) is 11.7 Å². The third-order valence-electron chi connectivity index (χ3n) is 3.48. The van der Waals surface area contributed by atoms with Gasteiger partial charge in [0.25, 0.3) is 0 Å². The molecular weight excluding hydrogens is 333 g/mol. The largest absolute Gasteiger partial charge is 0.489 e. The van der Waals surface area contributed by atoms with E-state index in [0.717, 1.165) is 5.56 Å². The van der Waals surface area contributed by atoms with E-state index >= 15 is 0 Å². The van der Waals surface area contributed by atoms with E-state index in [-0.39, 0.29) is 18.2 Å². The van der Waals surface area contributed by atoms with E-state index in [1.165, 1.54) is 38.2 Å². The second-order valence-electron chi connectivity index (χ2n) is 4.91. The zero-order valence-electron chi connectivity index (χ0n) is 10.8. The first-order valence-corrected chi connectivity index (χ1v) is 7.31. The number of benzene rings is 1.